The van der Waals surface area contributed by atoms with Crippen LogP contribution in [0.3, 0.4) is 0 Å². The number of hydrogen-bond acceptors (Lipinski definition) is 9. The van der Waals surface area contributed by atoms with E-state index in [4.69, 9.17) is 4.74 Å². The molecule has 0 rings (SSSR count). The fraction of sp³-hybridized carbons (Fsp3) is 0.774. The van der Waals surface area contributed by atoms with Crippen LogP contribution in [0.5, 0.6) is 0 Å². The van der Waals surface area contributed by atoms with Crippen molar-refractivity contribution in [3.8, 4) is 11.8 Å². The molecule has 0 aromatic heterocycles. The number of rotatable bonds is 14. The standard InChI is InChI=1S/C14H26O3.C14H24O2.C14H22O2.C11H20O2/c1-13(2,3)11(15)8-7-9-17-10-12(16)14(4,5)6;2*1-13(2,3)11(15)9-7-8-10-12(16)14(4,5)6;1-10(2,3)8(12)7-9(13)11(4,5)6/h7-10H2,1-6H3;7-8H,9-10H2,1-6H3;9-10H2,1-6H3;7H2,1-6H3/b;8-7+;;. The highest BCUT2D eigenvalue weighted by molar-refractivity contribution is 6.03. The molecule has 0 aliphatic carbocycles. The molecule has 0 bridgehead atoms. The zero-order valence-corrected chi connectivity index (χ0v) is 44.2. The van der Waals surface area contributed by atoms with Gasteiger partial charge in [0, 0.05) is 69.2 Å². The van der Waals surface area contributed by atoms with Crippen LogP contribution in [-0.4, -0.2) is 59.5 Å². The third kappa shape index (κ3) is 35.1. The van der Waals surface area contributed by atoms with Gasteiger partial charge in [-0.2, -0.15) is 0 Å². The van der Waals surface area contributed by atoms with Crippen LogP contribution >= 0.6 is 0 Å². The van der Waals surface area contributed by atoms with E-state index in [0.717, 1.165) is 0 Å². The Morgan fingerprint density at radius 1 is 0.355 bits per heavy atom. The first-order valence-electron chi connectivity index (χ1n) is 22.1. The Hall–Kier alpha value is -3.38. The van der Waals surface area contributed by atoms with Gasteiger partial charge in [-0.05, 0) is 6.42 Å². The second kappa shape index (κ2) is 27.1. The molecule has 0 aliphatic rings. The number of carbonyl (C=O) groups is 8. The van der Waals surface area contributed by atoms with E-state index in [-0.39, 0.29) is 105 Å². The van der Waals surface area contributed by atoms with Crippen LogP contribution in [0.15, 0.2) is 12.2 Å². The Bertz CT molecular complexity index is 1450. The molecular weight excluding hydrogens is 781 g/mol. The van der Waals surface area contributed by atoms with Crippen molar-refractivity contribution in [1.82, 2.24) is 0 Å². The lowest BCUT2D eigenvalue weighted by Crippen LogP contribution is -2.28. The van der Waals surface area contributed by atoms with Gasteiger partial charge in [-0.3, -0.25) is 38.4 Å². The molecule has 0 heterocycles. The van der Waals surface area contributed by atoms with Crippen molar-refractivity contribution in [2.75, 3.05) is 13.2 Å². The third-order valence-corrected chi connectivity index (χ3v) is 9.33. The molecule has 0 saturated carbocycles. The van der Waals surface area contributed by atoms with Gasteiger partial charge in [-0.15, -0.1) is 0 Å². The summed E-state index contributed by atoms with van der Waals surface area (Å²) >= 11 is 0. The average molecular weight is 873 g/mol. The van der Waals surface area contributed by atoms with Gasteiger partial charge in [0.25, 0.3) is 0 Å². The Labute approximate surface area is 379 Å². The van der Waals surface area contributed by atoms with Crippen LogP contribution < -0.4 is 0 Å². The molecule has 9 nitrogen and oxygen atoms in total. The van der Waals surface area contributed by atoms with Crippen molar-refractivity contribution in [1.29, 1.82) is 0 Å². The molecule has 0 saturated heterocycles. The highest BCUT2D eigenvalue weighted by Crippen LogP contribution is 2.24. The zero-order chi connectivity index (χ0) is 50.5. The topological polar surface area (TPSA) is 146 Å². The van der Waals surface area contributed by atoms with Crippen LogP contribution in [0.25, 0.3) is 0 Å². The normalized spacial score (nSPS) is 12.5. The highest BCUT2D eigenvalue weighted by Gasteiger charge is 2.29. The summed E-state index contributed by atoms with van der Waals surface area (Å²) in [6, 6.07) is 0. The summed E-state index contributed by atoms with van der Waals surface area (Å²) in [5.74, 6) is 6.56. The summed E-state index contributed by atoms with van der Waals surface area (Å²) in [6.45, 7) is 45.7. The second-order valence-corrected chi connectivity index (χ2v) is 24.3. The molecule has 0 fully saturated rings. The summed E-state index contributed by atoms with van der Waals surface area (Å²) in [5.41, 5.74) is -2.70. The molecule has 0 aromatic rings. The van der Waals surface area contributed by atoms with Gasteiger partial charge in [0.1, 0.15) is 47.1 Å². The number of carbonyl (C=O) groups excluding carboxylic acids is 8. The maximum Gasteiger partial charge on any atom is 0.163 e. The lowest BCUT2D eigenvalue weighted by molar-refractivity contribution is -0.135. The molecule has 0 aromatic carbocycles. The minimum absolute atomic E-state index is 0.0208. The lowest BCUT2D eigenvalue weighted by atomic mass is 9.82. The molecule has 0 atom stereocenters. The van der Waals surface area contributed by atoms with Crippen LogP contribution in [0.2, 0.25) is 0 Å². The van der Waals surface area contributed by atoms with Gasteiger partial charge in [0.15, 0.2) is 5.78 Å². The van der Waals surface area contributed by atoms with Crippen molar-refractivity contribution >= 4 is 46.3 Å². The summed E-state index contributed by atoms with van der Waals surface area (Å²) in [5, 5.41) is 0. The molecule has 0 radical (unpaired) electrons. The van der Waals surface area contributed by atoms with Gasteiger partial charge in [-0.25, -0.2) is 0 Å². The zero-order valence-electron chi connectivity index (χ0n) is 44.2. The quantitative estimate of drug-likeness (QED) is 0.0720. The van der Waals surface area contributed by atoms with Crippen molar-refractivity contribution in [2.45, 2.75) is 211 Å². The Morgan fingerprint density at radius 3 is 0.855 bits per heavy atom. The molecule has 0 amide bonds. The molecule has 9 heteroatoms. The van der Waals surface area contributed by atoms with Crippen LogP contribution in [0.4, 0.5) is 0 Å². The fourth-order valence-electron chi connectivity index (χ4n) is 3.58. The first kappa shape index (κ1) is 65.2. The Morgan fingerprint density at radius 2 is 0.613 bits per heavy atom. The van der Waals surface area contributed by atoms with E-state index in [2.05, 4.69) is 11.8 Å². The second-order valence-electron chi connectivity index (χ2n) is 24.3. The van der Waals surface area contributed by atoms with Gasteiger partial charge in [0.2, 0.25) is 0 Å². The van der Waals surface area contributed by atoms with Gasteiger partial charge < -0.3 is 4.74 Å². The highest BCUT2D eigenvalue weighted by atomic mass is 16.5. The van der Waals surface area contributed by atoms with Crippen molar-refractivity contribution in [3.05, 3.63) is 12.2 Å². The monoisotopic (exact) mass is 873 g/mol. The van der Waals surface area contributed by atoms with Crippen molar-refractivity contribution in [3.63, 3.8) is 0 Å². The smallest absolute Gasteiger partial charge is 0.163 e. The van der Waals surface area contributed by atoms with E-state index in [1.165, 1.54) is 0 Å². The third-order valence-electron chi connectivity index (χ3n) is 9.33. The van der Waals surface area contributed by atoms with E-state index < -0.39 is 10.8 Å². The van der Waals surface area contributed by atoms with Gasteiger partial charge in [-0.1, -0.05) is 190 Å². The number of allylic oxidation sites excluding steroid dienone is 2. The SMILES string of the molecule is CC(C)(C)C(=O)C/C=C/CC(=O)C(C)(C)C.CC(C)(C)C(=O)CC#CCC(=O)C(C)(C)C.CC(C)(C)C(=O)CC(=O)C(C)(C)C.CC(C)(C)C(=O)CCCOCC(=O)C(C)(C)C. The molecule has 358 valence electrons. The summed E-state index contributed by atoms with van der Waals surface area (Å²) in [4.78, 5) is 92.3. The predicted molar refractivity (Wildman–Crippen MR) is 256 cm³/mol. The van der Waals surface area contributed by atoms with E-state index in [0.29, 0.717) is 32.3 Å². The van der Waals surface area contributed by atoms with E-state index in [1.807, 2.05) is 166 Å². The summed E-state index contributed by atoms with van der Waals surface area (Å²) < 4.78 is 5.28. The fourth-order valence-corrected chi connectivity index (χ4v) is 3.58. The minimum atomic E-state index is -0.402. The average Bonchev–Trinajstić information content (AvgIpc) is 3.05. The van der Waals surface area contributed by atoms with E-state index in [9.17, 15) is 38.4 Å². The van der Waals surface area contributed by atoms with Crippen molar-refractivity contribution < 1.29 is 43.1 Å². The molecule has 0 spiro atoms. The summed E-state index contributed by atoms with van der Waals surface area (Å²) in [7, 11) is 0. The van der Waals surface area contributed by atoms with Gasteiger partial charge >= 0.3 is 0 Å². The Balaban J connectivity index is -0.000000363. The van der Waals surface area contributed by atoms with Crippen molar-refractivity contribution in [2.24, 2.45) is 43.3 Å². The molecule has 0 unspecified atom stereocenters. The Kier molecular flexibility index (Phi) is 28.5. The molecule has 0 N–H and O–H groups in total. The van der Waals surface area contributed by atoms with Gasteiger partial charge in [0.05, 0.1) is 19.3 Å². The number of ether oxygens (including phenoxy) is 1. The maximum atomic E-state index is 11.6. The first-order valence-corrected chi connectivity index (χ1v) is 22.1. The van der Waals surface area contributed by atoms with Crippen LogP contribution in [-0.2, 0) is 43.1 Å². The number of hydrogen-bond donors (Lipinski definition) is 0. The summed E-state index contributed by atoms with van der Waals surface area (Å²) in [6.07, 6.45) is 6.19. The first-order chi connectivity index (χ1) is 27.2. The minimum Gasteiger partial charge on any atom is -0.374 e. The lowest BCUT2D eigenvalue weighted by Gasteiger charge is -2.20. The van der Waals surface area contributed by atoms with E-state index in [1.54, 1.807) is 12.2 Å². The van der Waals surface area contributed by atoms with E-state index >= 15 is 0 Å². The maximum absolute atomic E-state index is 11.6. The molecule has 0 aliphatic heterocycles. The number of Topliss-reactive ketones (excluding diaryl/α,β-unsaturated/α-hetero) is 8. The molecule has 62 heavy (non-hydrogen) atoms. The number of ketones is 8. The van der Waals surface area contributed by atoms with Crippen LogP contribution in [0, 0.1) is 55.2 Å². The molecular formula is C53H92O9. The largest absolute Gasteiger partial charge is 0.374 e. The van der Waals surface area contributed by atoms with Crippen LogP contribution in [0.1, 0.15) is 211 Å². The predicted octanol–water partition coefficient (Wildman–Crippen LogP) is 12.2.